The van der Waals surface area contributed by atoms with E-state index in [1.54, 1.807) is 0 Å². The van der Waals surface area contributed by atoms with Crippen molar-refractivity contribution in [2.24, 2.45) is 0 Å². The molecule has 8 heteroatoms. The van der Waals surface area contributed by atoms with Crippen molar-refractivity contribution in [3.63, 3.8) is 0 Å². The van der Waals surface area contributed by atoms with Gasteiger partial charge >= 0.3 is 6.03 Å². The Morgan fingerprint density at radius 1 is 1.00 bits per heavy atom. The Morgan fingerprint density at radius 2 is 1.70 bits per heavy atom. The molecule has 1 aromatic rings. The van der Waals surface area contributed by atoms with Gasteiger partial charge in [-0.15, -0.1) is 5.10 Å². The minimum Gasteiger partial charge on any atom is -0.378 e. The Balaban J connectivity index is 1.67. The average molecular weight is 280 g/mol. The summed E-state index contributed by atoms with van der Waals surface area (Å²) in [6.45, 7) is 4.37. The second-order valence-electron chi connectivity index (χ2n) is 5.16. The van der Waals surface area contributed by atoms with Crippen LogP contribution in [-0.4, -0.2) is 70.5 Å². The number of amides is 1. The van der Waals surface area contributed by atoms with Gasteiger partial charge in [0.2, 0.25) is 0 Å². The molecule has 0 spiro atoms. The zero-order valence-corrected chi connectivity index (χ0v) is 11.6. The highest BCUT2D eigenvalue weighted by molar-refractivity contribution is 5.75. The molecule has 0 aliphatic carbocycles. The van der Waals surface area contributed by atoms with E-state index in [0.717, 1.165) is 43.8 Å². The van der Waals surface area contributed by atoms with E-state index >= 15 is 0 Å². The number of morpholine rings is 1. The fraction of sp³-hybridized carbons (Fsp3) is 0.833. The molecule has 2 saturated heterocycles. The quantitative estimate of drug-likeness (QED) is 0.739. The third-order valence-corrected chi connectivity index (χ3v) is 3.74. The van der Waals surface area contributed by atoms with Gasteiger partial charge in [0.1, 0.15) is 0 Å². The van der Waals surface area contributed by atoms with Crippen molar-refractivity contribution in [1.29, 1.82) is 0 Å². The summed E-state index contributed by atoms with van der Waals surface area (Å²) in [6.07, 6.45) is 4.48. The number of aromatic nitrogens is 4. The van der Waals surface area contributed by atoms with Gasteiger partial charge in [0.25, 0.3) is 5.95 Å². The maximum absolute atomic E-state index is 12.3. The van der Waals surface area contributed by atoms with Crippen LogP contribution in [0.3, 0.4) is 0 Å². The molecule has 0 N–H and O–H groups in total. The highest BCUT2D eigenvalue weighted by atomic mass is 16.5. The summed E-state index contributed by atoms with van der Waals surface area (Å²) in [7, 11) is 0. The maximum atomic E-state index is 12.3. The van der Waals surface area contributed by atoms with Crippen molar-refractivity contribution in [3.05, 3.63) is 0 Å². The van der Waals surface area contributed by atoms with E-state index < -0.39 is 0 Å². The van der Waals surface area contributed by atoms with Crippen LogP contribution in [0.4, 0.5) is 10.7 Å². The number of ether oxygens (including phenoxy) is 1. The van der Waals surface area contributed by atoms with Crippen molar-refractivity contribution in [2.75, 3.05) is 44.3 Å². The van der Waals surface area contributed by atoms with E-state index in [9.17, 15) is 4.79 Å². The average Bonchev–Trinajstić information content (AvgIpc) is 2.83. The molecular formula is C12H20N6O2. The van der Waals surface area contributed by atoms with E-state index in [-0.39, 0.29) is 6.03 Å². The number of anilines is 1. The molecular weight excluding hydrogens is 260 g/mol. The summed E-state index contributed by atoms with van der Waals surface area (Å²) in [5.74, 6) is 0.511. The molecule has 0 atom stereocenters. The topological polar surface area (TPSA) is 76.4 Å². The van der Waals surface area contributed by atoms with Gasteiger partial charge in [0.15, 0.2) is 0 Å². The zero-order chi connectivity index (χ0) is 13.8. The Kier molecular flexibility index (Phi) is 4.10. The molecule has 2 aliphatic heterocycles. The number of carbonyl (C=O) groups excluding carboxylic acids is 1. The van der Waals surface area contributed by atoms with Gasteiger partial charge in [-0.3, -0.25) is 0 Å². The van der Waals surface area contributed by atoms with Crippen LogP contribution in [0.5, 0.6) is 0 Å². The van der Waals surface area contributed by atoms with Gasteiger partial charge in [-0.25, -0.2) is 4.79 Å². The third-order valence-electron chi connectivity index (χ3n) is 3.74. The molecule has 8 nitrogen and oxygen atoms in total. The van der Waals surface area contributed by atoms with Crippen LogP contribution in [0, 0.1) is 0 Å². The van der Waals surface area contributed by atoms with Crippen LogP contribution in [0.1, 0.15) is 25.7 Å². The summed E-state index contributed by atoms with van der Waals surface area (Å²) in [6, 6.07) is -0.168. The lowest BCUT2D eigenvalue weighted by molar-refractivity contribution is 0.122. The summed E-state index contributed by atoms with van der Waals surface area (Å²) < 4.78 is 5.28. The van der Waals surface area contributed by atoms with Crippen LogP contribution in [0.2, 0.25) is 0 Å². The molecule has 3 rings (SSSR count). The zero-order valence-electron chi connectivity index (χ0n) is 11.6. The molecule has 0 unspecified atom stereocenters. The number of tetrazole rings is 1. The summed E-state index contributed by atoms with van der Waals surface area (Å²) in [5, 5.41) is 12.1. The van der Waals surface area contributed by atoms with Gasteiger partial charge in [-0.05, 0) is 18.1 Å². The molecule has 1 aromatic heterocycles. The molecule has 0 radical (unpaired) electrons. The third kappa shape index (κ3) is 2.90. The first-order valence-electron chi connectivity index (χ1n) is 7.26. The second kappa shape index (κ2) is 6.17. The number of carbonyl (C=O) groups is 1. The normalized spacial score (nSPS) is 20.8. The Hall–Kier alpha value is -1.70. The lowest BCUT2D eigenvalue weighted by atomic mass is 10.2. The highest BCUT2D eigenvalue weighted by Gasteiger charge is 2.22. The van der Waals surface area contributed by atoms with Crippen LogP contribution < -0.4 is 4.90 Å². The lowest BCUT2D eigenvalue weighted by Gasteiger charge is -2.24. The van der Waals surface area contributed by atoms with E-state index in [1.165, 1.54) is 12.8 Å². The fourth-order valence-electron chi connectivity index (χ4n) is 2.57. The van der Waals surface area contributed by atoms with Crippen LogP contribution in [0.15, 0.2) is 0 Å². The SMILES string of the molecule is O=C(N1CCCCCC1)n1nnc(N2CCOCC2)n1. The molecule has 0 saturated carbocycles. The van der Waals surface area contributed by atoms with Crippen molar-refractivity contribution in [1.82, 2.24) is 25.1 Å². The van der Waals surface area contributed by atoms with Gasteiger partial charge in [-0.1, -0.05) is 22.7 Å². The first-order valence-corrected chi connectivity index (χ1v) is 7.26. The fourth-order valence-corrected chi connectivity index (χ4v) is 2.57. The molecule has 20 heavy (non-hydrogen) atoms. The van der Waals surface area contributed by atoms with Crippen LogP contribution in [-0.2, 0) is 4.74 Å². The Morgan fingerprint density at radius 3 is 2.40 bits per heavy atom. The molecule has 2 aliphatic rings. The van der Waals surface area contributed by atoms with Gasteiger partial charge in [-0.2, -0.15) is 0 Å². The minimum absolute atomic E-state index is 0.168. The van der Waals surface area contributed by atoms with E-state index in [2.05, 4.69) is 15.4 Å². The van der Waals surface area contributed by atoms with E-state index in [0.29, 0.717) is 19.2 Å². The molecule has 3 heterocycles. The van der Waals surface area contributed by atoms with E-state index in [1.807, 2.05) is 9.80 Å². The first-order chi connectivity index (χ1) is 9.84. The van der Waals surface area contributed by atoms with Crippen molar-refractivity contribution in [2.45, 2.75) is 25.7 Å². The van der Waals surface area contributed by atoms with Crippen molar-refractivity contribution >= 4 is 12.0 Å². The smallest absolute Gasteiger partial charge is 0.363 e. The van der Waals surface area contributed by atoms with Gasteiger partial charge in [0.05, 0.1) is 13.2 Å². The summed E-state index contributed by atoms with van der Waals surface area (Å²) in [5.41, 5.74) is 0. The second-order valence-corrected chi connectivity index (χ2v) is 5.16. The van der Waals surface area contributed by atoms with E-state index in [4.69, 9.17) is 4.74 Å². The standard InChI is InChI=1S/C12H20N6O2/c19-12(17-5-3-1-2-4-6-17)18-14-11(13-15-18)16-7-9-20-10-8-16/h1-10H2. The predicted molar refractivity (Wildman–Crippen MR) is 71.7 cm³/mol. The predicted octanol–water partition coefficient (Wildman–Crippen LogP) is 0.354. The van der Waals surface area contributed by atoms with Crippen molar-refractivity contribution < 1.29 is 9.53 Å². The van der Waals surface area contributed by atoms with Gasteiger partial charge < -0.3 is 14.5 Å². The number of hydrogen-bond donors (Lipinski definition) is 0. The Bertz CT molecular complexity index is 449. The largest absolute Gasteiger partial charge is 0.378 e. The monoisotopic (exact) mass is 280 g/mol. The molecule has 0 bridgehead atoms. The molecule has 110 valence electrons. The first kappa shape index (κ1) is 13.3. The number of likely N-dealkylation sites (tertiary alicyclic amines) is 1. The minimum atomic E-state index is -0.168. The number of rotatable bonds is 1. The Labute approximate surface area is 117 Å². The molecule has 2 fully saturated rings. The number of nitrogens with zero attached hydrogens (tertiary/aromatic N) is 6. The highest BCUT2D eigenvalue weighted by Crippen LogP contribution is 2.11. The van der Waals surface area contributed by atoms with Crippen LogP contribution >= 0.6 is 0 Å². The van der Waals surface area contributed by atoms with Crippen molar-refractivity contribution in [3.8, 4) is 0 Å². The van der Waals surface area contributed by atoms with Crippen LogP contribution in [0.25, 0.3) is 0 Å². The number of hydrogen-bond acceptors (Lipinski definition) is 6. The van der Waals surface area contributed by atoms with Gasteiger partial charge in [0, 0.05) is 26.2 Å². The lowest BCUT2D eigenvalue weighted by Crippen LogP contribution is -2.38. The molecule has 1 amide bonds. The summed E-state index contributed by atoms with van der Waals surface area (Å²) >= 11 is 0. The summed E-state index contributed by atoms with van der Waals surface area (Å²) in [4.78, 5) is 17.3. The molecule has 0 aromatic carbocycles. The maximum Gasteiger partial charge on any atom is 0.363 e.